The van der Waals surface area contributed by atoms with Crippen LogP contribution in [0.3, 0.4) is 0 Å². The molecule has 0 spiro atoms. The van der Waals surface area contributed by atoms with Crippen molar-refractivity contribution in [2.75, 3.05) is 65.8 Å². The number of carboxylic acid groups (broad SMARTS) is 1. The molecule has 9 heteroatoms. The van der Waals surface area contributed by atoms with Crippen molar-refractivity contribution in [2.24, 2.45) is 0 Å². The highest BCUT2D eigenvalue weighted by molar-refractivity contribution is 5.84. The lowest BCUT2D eigenvalue weighted by Crippen LogP contribution is -2.46. The molecule has 2 unspecified atom stereocenters. The maximum absolute atomic E-state index is 11.9. The van der Waals surface area contributed by atoms with Crippen molar-refractivity contribution in [2.45, 2.75) is 38.1 Å². The van der Waals surface area contributed by atoms with Crippen molar-refractivity contribution in [3.63, 3.8) is 0 Å². The zero-order valence-corrected chi connectivity index (χ0v) is 27.5. The van der Waals surface area contributed by atoms with Crippen molar-refractivity contribution >= 4 is 16.9 Å². The van der Waals surface area contributed by atoms with Crippen LogP contribution < -0.4 is 9.47 Å². The molecule has 1 amide bonds. The first-order valence-electron chi connectivity index (χ1n) is 17.0. The minimum Gasteiger partial charge on any atom is -0.494 e. The van der Waals surface area contributed by atoms with Crippen molar-refractivity contribution in [1.82, 2.24) is 9.80 Å². The smallest absolute Gasteiger partial charge is 0.407 e. The van der Waals surface area contributed by atoms with Gasteiger partial charge < -0.3 is 33.7 Å². The highest BCUT2D eigenvalue weighted by Crippen LogP contribution is 2.33. The first kappa shape index (κ1) is 33.7. The van der Waals surface area contributed by atoms with Crippen LogP contribution in [0.2, 0.25) is 0 Å². The first-order chi connectivity index (χ1) is 23.6. The van der Waals surface area contributed by atoms with Gasteiger partial charge in [0.15, 0.2) is 0 Å². The van der Waals surface area contributed by atoms with Gasteiger partial charge in [-0.15, -0.1) is 0 Å². The summed E-state index contributed by atoms with van der Waals surface area (Å²) in [5, 5.41) is 12.0. The fourth-order valence-electron chi connectivity index (χ4n) is 6.34. The number of benzene rings is 4. The predicted molar refractivity (Wildman–Crippen MR) is 185 cm³/mol. The molecule has 4 aromatic carbocycles. The Kier molecular flexibility index (Phi) is 12.2. The molecule has 0 radical (unpaired) electrons. The predicted octanol–water partition coefficient (Wildman–Crippen LogP) is 6.59. The van der Waals surface area contributed by atoms with Crippen LogP contribution in [-0.2, 0) is 27.4 Å². The average molecular weight is 655 g/mol. The number of amides is 1. The van der Waals surface area contributed by atoms with Gasteiger partial charge in [-0.3, -0.25) is 4.90 Å². The highest BCUT2D eigenvalue weighted by atomic mass is 16.5. The van der Waals surface area contributed by atoms with Gasteiger partial charge in [0.1, 0.15) is 18.1 Å². The van der Waals surface area contributed by atoms with Crippen LogP contribution in [0.15, 0.2) is 91.0 Å². The van der Waals surface area contributed by atoms with Crippen LogP contribution in [0.25, 0.3) is 10.8 Å². The topological polar surface area (TPSA) is 89.9 Å². The second kappa shape index (κ2) is 17.3. The number of piperidine rings is 1. The first-order valence-corrected chi connectivity index (χ1v) is 17.0. The Morgan fingerprint density at radius 2 is 1.54 bits per heavy atom. The van der Waals surface area contributed by atoms with Gasteiger partial charge in [-0.25, -0.2) is 4.79 Å². The summed E-state index contributed by atoms with van der Waals surface area (Å²) in [6.45, 7) is 7.98. The van der Waals surface area contributed by atoms with E-state index in [2.05, 4.69) is 59.5 Å². The Morgan fingerprint density at radius 1 is 0.771 bits per heavy atom. The molecule has 4 aromatic rings. The van der Waals surface area contributed by atoms with Crippen LogP contribution in [-0.4, -0.2) is 92.9 Å². The zero-order valence-electron chi connectivity index (χ0n) is 27.5. The summed E-state index contributed by atoms with van der Waals surface area (Å²) in [4.78, 5) is 15.7. The lowest BCUT2D eigenvalue weighted by atomic mass is 9.87. The van der Waals surface area contributed by atoms with Crippen molar-refractivity contribution < 1.29 is 33.6 Å². The van der Waals surface area contributed by atoms with E-state index < -0.39 is 6.09 Å². The Hall–Kier alpha value is -4.15. The van der Waals surface area contributed by atoms with Gasteiger partial charge in [0, 0.05) is 38.5 Å². The van der Waals surface area contributed by atoms with Crippen LogP contribution in [0, 0.1) is 0 Å². The van der Waals surface area contributed by atoms with Crippen LogP contribution in [0.5, 0.6) is 11.5 Å². The number of ether oxygens (including phenoxy) is 5. The third kappa shape index (κ3) is 9.70. The molecule has 0 aromatic heterocycles. The summed E-state index contributed by atoms with van der Waals surface area (Å²) in [7, 11) is 0. The molecule has 2 aliphatic heterocycles. The van der Waals surface area contributed by atoms with Crippen molar-refractivity contribution in [3.8, 4) is 11.5 Å². The Labute approximate surface area is 282 Å². The third-order valence-corrected chi connectivity index (χ3v) is 9.07. The van der Waals surface area contributed by atoms with Gasteiger partial charge in [-0.05, 0) is 64.2 Å². The van der Waals surface area contributed by atoms with Crippen LogP contribution in [0.4, 0.5) is 4.79 Å². The van der Waals surface area contributed by atoms with E-state index in [9.17, 15) is 9.90 Å². The van der Waals surface area contributed by atoms with Gasteiger partial charge in [0.25, 0.3) is 0 Å². The van der Waals surface area contributed by atoms with E-state index in [1.807, 2.05) is 36.4 Å². The lowest BCUT2D eigenvalue weighted by Gasteiger charge is -2.37. The van der Waals surface area contributed by atoms with E-state index in [4.69, 9.17) is 23.7 Å². The van der Waals surface area contributed by atoms with Gasteiger partial charge in [0.05, 0.1) is 52.3 Å². The van der Waals surface area contributed by atoms with E-state index >= 15 is 0 Å². The maximum Gasteiger partial charge on any atom is 0.407 e. The lowest BCUT2D eigenvalue weighted by molar-refractivity contribution is -0.0199. The Bertz CT molecular complexity index is 1580. The minimum atomic E-state index is -0.912. The van der Waals surface area contributed by atoms with E-state index in [1.165, 1.54) is 4.90 Å². The van der Waals surface area contributed by atoms with Gasteiger partial charge in [-0.2, -0.15) is 0 Å². The minimum absolute atomic E-state index is 0.0768. The number of nitrogens with zero attached hydrogens (tertiary/aromatic N) is 2. The fourth-order valence-corrected chi connectivity index (χ4v) is 6.34. The number of likely N-dealkylation sites (tertiary alicyclic amines) is 1. The average Bonchev–Trinajstić information content (AvgIpc) is 3.13. The van der Waals surface area contributed by atoms with E-state index in [0.717, 1.165) is 78.2 Å². The molecule has 0 saturated carbocycles. The SMILES string of the molecule is O=C(O)N1CCC(c2ccc(OCCCOCc3ccccc3)cc2)C(OCc2ccc3ccc(OCCN4CCOCC4)cc3c2)C1. The van der Waals surface area contributed by atoms with E-state index in [0.29, 0.717) is 52.5 Å². The second-order valence-electron chi connectivity index (χ2n) is 12.4. The molecule has 2 fully saturated rings. The molecule has 48 heavy (non-hydrogen) atoms. The summed E-state index contributed by atoms with van der Waals surface area (Å²) in [6, 6.07) is 30.8. The molecule has 9 nitrogen and oxygen atoms in total. The van der Waals surface area contributed by atoms with Crippen LogP contribution >= 0.6 is 0 Å². The summed E-state index contributed by atoms with van der Waals surface area (Å²) in [6.07, 6.45) is 0.314. The Morgan fingerprint density at radius 3 is 2.35 bits per heavy atom. The van der Waals surface area contributed by atoms with Gasteiger partial charge in [0.2, 0.25) is 0 Å². The number of morpholine rings is 1. The highest BCUT2D eigenvalue weighted by Gasteiger charge is 2.33. The van der Waals surface area contributed by atoms with Gasteiger partial charge >= 0.3 is 6.09 Å². The molecule has 1 N–H and O–H groups in total. The number of carbonyl (C=O) groups is 1. The Balaban J connectivity index is 1.01. The monoisotopic (exact) mass is 654 g/mol. The third-order valence-electron chi connectivity index (χ3n) is 9.07. The largest absolute Gasteiger partial charge is 0.494 e. The fraction of sp³-hybridized carbons (Fsp3) is 0.410. The molecule has 2 atom stereocenters. The maximum atomic E-state index is 11.9. The number of fused-ring (bicyclic) bond motifs is 1. The summed E-state index contributed by atoms with van der Waals surface area (Å²) in [5.41, 5.74) is 3.33. The van der Waals surface area contributed by atoms with E-state index in [1.54, 1.807) is 0 Å². The molecule has 2 heterocycles. The quantitative estimate of drug-likeness (QED) is 0.144. The standard InChI is InChI=1S/C39H46N2O7/c42-39(43)41-16-15-37(33-10-12-35(13-11-33)46-21-4-20-45-28-30-5-2-1-3-6-30)38(27-41)48-29-31-7-8-32-9-14-36(26-34(32)25-31)47-24-19-40-17-22-44-23-18-40/h1-3,5-14,25-26,37-38H,4,15-24,27-29H2,(H,42,43). The molecule has 254 valence electrons. The molecule has 2 aliphatic rings. The normalized spacial score (nSPS) is 18.5. The van der Waals surface area contributed by atoms with Crippen LogP contribution in [0.1, 0.15) is 35.4 Å². The van der Waals surface area contributed by atoms with Crippen molar-refractivity contribution in [3.05, 3.63) is 108 Å². The number of rotatable bonds is 15. The van der Waals surface area contributed by atoms with Crippen molar-refractivity contribution in [1.29, 1.82) is 0 Å². The van der Waals surface area contributed by atoms with E-state index in [-0.39, 0.29) is 12.0 Å². The molecule has 6 rings (SSSR count). The molecule has 0 aliphatic carbocycles. The molecular weight excluding hydrogens is 608 g/mol. The molecule has 0 bridgehead atoms. The molecule has 2 saturated heterocycles. The van der Waals surface area contributed by atoms with Gasteiger partial charge in [-0.1, -0.05) is 60.7 Å². The summed E-state index contributed by atoms with van der Waals surface area (Å²) >= 11 is 0. The number of hydrogen-bond donors (Lipinski definition) is 1. The summed E-state index contributed by atoms with van der Waals surface area (Å²) < 4.78 is 29.7. The number of hydrogen-bond acceptors (Lipinski definition) is 7. The second-order valence-corrected chi connectivity index (χ2v) is 12.4. The molecular formula is C39H46N2O7. The zero-order chi connectivity index (χ0) is 33.0. The summed E-state index contributed by atoms with van der Waals surface area (Å²) in [5.74, 6) is 1.73.